The Morgan fingerprint density at radius 2 is 2.36 bits per heavy atom. The zero-order valence-electron chi connectivity index (χ0n) is 9.54. The van der Waals surface area contributed by atoms with Crippen LogP contribution in [-0.4, -0.2) is 44.3 Å². The summed E-state index contributed by atoms with van der Waals surface area (Å²) >= 11 is 0. The normalized spacial score (nSPS) is 25.3. The van der Waals surface area contributed by atoms with Crippen molar-refractivity contribution < 1.29 is 4.74 Å². The zero-order valence-corrected chi connectivity index (χ0v) is 9.54. The van der Waals surface area contributed by atoms with Crippen LogP contribution in [0.25, 0.3) is 0 Å². The first-order chi connectivity index (χ1) is 6.74. The fourth-order valence-corrected chi connectivity index (χ4v) is 2.00. The van der Waals surface area contributed by atoms with Crippen molar-refractivity contribution in [3.63, 3.8) is 0 Å². The Labute approximate surface area is 87.6 Å². The van der Waals surface area contributed by atoms with Crippen molar-refractivity contribution in [3.8, 4) is 0 Å². The lowest BCUT2D eigenvalue weighted by molar-refractivity contribution is 0.0369. The van der Waals surface area contributed by atoms with Crippen molar-refractivity contribution in [3.05, 3.63) is 0 Å². The van der Waals surface area contributed by atoms with Crippen LogP contribution in [-0.2, 0) is 4.74 Å². The molecule has 0 aromatic heterocycles. The third-order valence-electron chi connectivity index (χ3n) is 3.14. The highest BCUT2D eigenvalue weighted by Gasteiger charge is 2.18. The van der Waals surface area contributed by atoms with Crippen molar-refractivity contribution in [2.45, 2.75) is 32.2 Å². The number of hydrogen-bond donors (Lipinski definition) is 1. The molecule has 1 heterocycles. The molecule has 0 bridgehead atoms. The molecule has 0 saturated carbocycles. The van der Waals surface area contributed by atoms with Gasteiger partial charge in [-0.1, -0.05) is 0 Å². The molecule has 2 atom stereocenters. The SMILES string of the molecule is CC(CCN)N(C)CC1CCCOC1. The highest BCUT2D eigenvalue weighted by Crippen LogP contribution is 2.15. The summed E-state index contributed by atoms with van der Waals surface area (Å²) in [4.78, 5) is 2.41. The molecule has 84 valence electrons. The van der Waals surface area contributed by atoms with Gasteiger partial charge in [0, 0.05) is 19.2 Å². The van der Waals surface area contributed by atoms with Crippen LogP contribution in [0.3, 0.4) is 0 Å². The van der Waals surface area contributed by atoms with E-state index in [0.29, 0.717) is 6.04 Å². The number of ether oxygens (including phenoxy) is 1. The monoisotopic (exact) mass is 200 g/mol. The summed E-state index contributed by atoms with van der Waals surface area (Å²) in [5, 5.41) is 0. The lowest BCUT2D eigenvalue weighted by atomic mass is 10.0. The predicted molar refractivity (Wildman–Crippen MR) is 59.3 cm³/mol. The average Bonchev–Trinajstić information content (AvgIpc) is 2.19. The van der Waals surface area contributed by atoms with E-state index in [4.69, 9.17) is 10.5 Å². The van der Waals surface area contributed by atoms with Crippen molar-refractivity contribution in [2.75, 3.05) is 33.4 Å². The zero-order chi connectivity index (χ0) is 10.4. The van der Waals surface area contributed by atoms with E-state index in [0.717, 1.165) is 38.6 Å². The molecule has 1 aliphatic rings. The molecule has 2 unspecified atom stereocenters. The van der Waals surface area contributed by atoms with Gasteiger partial charge in [-0.2, -0.15) is 0 Å². The molecule has 1 fully saturated rings. The van der Waals surface area contributed by atoms with Crippen molar-refractivity contribution >= 4 is 0 Å². The molecule has 0 spiro atoms. The molecule has 0 aromatic carbocycles. The van der Waals surface area contributed by atoms with Gasteiger partial charge < -0.3 is 15.4 Å². The second kappa shape index (κ2) is 6.38. The van der Waals surface area contributed by atoms with Gasteiger partial charge in [0.2, 0.25) is 0 Å². The molecule has 0 radical (unpaired) electrons. The molecule has 1 aliphatic heterocycles. The van der Waals surface area contributed by atoms with Crippen LogP contribution in [0, 0.1) is 5.92 Å². The summed E-state index contributed by atoms with van der Waals surface area (Å²) in [6.45, 7) is 6.09. The summed E-state index contributed by atoms with van der Waals surface area (Å²) < 4.78 is 5.47. The fourth-order valence-electron chi connectivity index (χ4n) is 2.00. The molecule has 0 amide bonds. The molecule has 3 heteroatoms. The van der Waals surface area contributed by atoms with E-state index >= 15 is 0 Å². The Balaban J connectivity index is 2.20. The second-order valence-electron chi connectivity index (χ2n) is 4.45. The van der Waals surface area contributed by atoms with E-state index in [9.17, 15) is 0 Å². The van der Waals surface area contributed by atoms with Crippen LogP contribution in [0.2, 0.25) is 0 Å². The van der Waals surface area contributed by atoms with Gasteiger partial charge >= 0.3 is 0 Å². The van der Waals surface area contributed by atoms with Crippen LogP contribution in [0.15, 0.2) is 0 Å². The van der Waals surface area contributed by atoms with Crippen molar-refractivity contribution in [1.82, 2.24) is 4.90 Å². The van der Waals surface area contributed by atoms with E-state index in [1.54, 1.807) is 0 Å². The van der Waals surface area contributed by atoms with Crippen molar-refractivity contribution in [2.24, 2.45) is 11.7 Å². The maximum Gasteiger partial charge on any atom is 0.0506 e. The first-order valence-corrected chi connectivity index (χ1v) is 5.72. The Bertz CT molecular complexity index is 146. The molecular formula is C11H24N2O. The summed E-state index contributed by atoms with van der Waals surface area (Å²) in [6.07, 6.45) is 3.63. The Kier molecular flexibility index (Phi) is 5.45. The second-order valence-corrected chi connectivity index (χ2v) is 4.45. The summed E-state index contributed by atoms with van der Waals surface area (Å²) in [6, 6.07) is 0.599. The smallest absolute Gasteiger partial charge is 0.0506 e. The highest BCUT2D eigenvalue weighted by molar-refractivity contribution is 4.71. The van der Waals surface area contributed by atoms with Gasteiger partial charge in [-0.15, -0.1) is 0 Å². The number of rotatable bonds is 5. The Hall–Kier alpha value is -0.120. The van der Waals surface area contributed by atoms with Gasteiger partial charge in [-0.3, -0.25) is 0 Å². The highest BCUT2D eigenvalue weighted by atomic mass is 16.5. The molecule has 14 heavy (non-hydrogen) atoms. The molecule has 3 nitrogen and oxygen atoms in total. The number of hydrogen-bond acceptors (Lipinski definition) is 3. The van der Waals surface area contributed by atoms with E-state index in [-0.39, 0.29) is 0 Å². The molecule has 1 rings (SSSR count). The Morgan fingerprint density at radius 1 is 1.57 bits per heavy atom. The molecular weight excluding hydrogens is 176 g/mol. The van der Waals surface area contributed by atoms with Crippen LogP contribution in [0.4, 0.5) is 0 Å². The fraction of sp³-hybridized carbons (Fsp3) is 1.00. The summed E-state index contributed by atoms with van der Waals surface area (Å²) in [5.74, 6) is 0.731. The van der Waals surface area contributed by atoms with E-state index < -0.39 is 0 Å². The quantitative estimate of drug-likeness (QED) is 0.722. The largest absolute Gasteiger partial charge is 0.381 e. The van der Waals surface area contributed by atoms with Crippen LogP contribution in [0.5, 0.6) is 0 Å². The minimum atomic E-state index is 0.599. The Morgan fingerprint density at radius 3 is 2.93 bits per heavy atom. The third kappa shape index (κ3) is 3.95. The summed E-state index contributed by atoms with van der Waals surface area (Å²) in [5.41, 5.74) is 5.55. The van der Waals surface area contributed by atoms with Gasteiger partial charge in [0.15, 0.2) is 0 Å². The first-order valence-electron chi connectivity index (χ1n) is 5.72. The maximum absolute atomic E-state index is 5.55. The van der Waals surface area contributed by atoms with Crippen LogP contribution >= 0.6 is 0 Å². The van der Waals surface area contributed by atoms with E-state index in [2.05, 4.69) is 18.9 Å². The lowest BCUT2D eigenvalue weighted by Crippen LogP contribution is -2.37. The molecule has 0 aliphatic carbocycles. The van der Waals surface area contributed by atoms with Gasteiger partial charge in [-0.05, 0) is 45.7 Å². The number of nitrogens with two attached hydrogens (primary N) is 1. The van der Waals surface area contributed by atoms with Crippen LogP contribution < -0.4 is 5.73 Å². The minimum absolute atomic E-state index is 0.599. The van der Waals surface area contributed by atoms with Gasteiger partial charge in [-0.25, -0.2) is 0 Å². The van der Waals surface area contributed by atoms with Crippen LogP contribution in [0.1, 0.15) is 26.2 Å². The van der Waals surface area contributed by atoms with E-state index in [1.165, 1.54) is 12.8 Å². The van der Waals surface area contributed by atoms with E-state index in [1.807, 2.05) is 0 Å². The molecule has 2 N–H and O–H groups in total. The van der Waals surface area contributed by atoms with Gasteiger partial charge in [0.1, 0.15) is 0 Å². The average molecular weight is 200 g/mol. The predicted octanol–water partition coefficient (Wildman–Crippen LogP) is 1.08. The molecule has 1 saturated heterocycles. The lowest BCUT2D eigenvalue weighted by Gasteiger charge is -2.30. The van der Waals surface area contributed by atoms with Gasteiger partial charge in [0.05, 0.1) is 6.61 Å². The molecule has 0 aromatic rings. The van der Waals surface area contributed by atoms with Crippen molar-refractivity contribution in [1.29, 1.82) is 0 Å². The standard InChI is InChI=1S/C11H24N2O/c1-10(5-6-12)13(2)8-11-4-3-7-14-9-11/h10-11H,3-9,12H2,1-2H3. The topological polar surface area (TPSA) is 38.5 Å². The third-order valence-corrected chi connectivity index (χ3v) is 3.14. The maximum atomic E-state index is 5.55. The first kappa shape index (κ1) is 12.0. The number of nitrogens with zero attached hydrogens (tertiary/aromatic N) is 1. The summed E-state index contributed by atoms with van der Waals surface area (Å²) in [7, 11) is 2.19. The minimum Gasteiger partial charge on any atom is -0.381 e. The van der Waals surface area contributed by atoms with Gasteiger partial charge in [0.25, 0.3) is 0 Å².